The smallest absolute Gasteiger partial charge is 0.209 e. The van der Waals surface area contributed by atoms with E-state index >= 15 is 0 Å². The summed E-state index contributed by atoms with van der Waals surface area (Å²) in [5.41, 5.74) is 4.94. The maximum Gasteiger partial charge on any atom is 0.209 e. The maximum atomic E-state index is 6.57. The largest absolute Gasteiger partial charge is 0.221 e. The fraction of sp³-hybridized carbons (Fsp3) is 0.158. The molecule has 0 amide bonds. The van der Waals surface area contributed by atoms with Crippen LogP contribution >= 0.6 is 11.6 Å². The Balaban J connectivity index is 1.66. The molecule has 0 radical (unpaired) electrons. The molecule has 130 valence electrons. The lowest BCUT2D eigenvalue weighted by atomic mass is 10.1. The van der Waals surface area contributed by atoms with Crippen molar-refractivity contribution in [2.75, 3.05) is 0 Å². The van der Waals surface area contributed by atoms with Crippen molar-refractivity contribution in [3.05, 3.63) is 76.6 Å². The topological polar surface area (TPSA) is 61.4 Å². The molecule has 4 rings (SSSR count). The van der Waals surface area contributed by atoms with Gasteiger partial charge in [0.15, 0.2) is 0 Å². The third-order valence-corrected chi connectivity index (χ3v) is 4.53. The Labute approximate surface area is 156 Å². The molecule has 2 aromatic carbocycles. The number of hydrogen-bond donors (Lipinski definition) is 0. The van der Waals surface area contributed by atoms with Crippen LogP contribution in [0.25, 0.3) is 17.1 Å². The second kappa shape index (κ2) is 6.72. The first-order valence-corrected chi connectivity index (χ1v) is 8.63. The molecule has 4 aromatic rings. The number of hydrogen-bond acceptors (Lipinski definition) is 4. The molecule has 0 bridgehead atoms. The lowest BCUT2D eigenvalue weighted by Crippen LogP contribution is -2.03. The maximum absolute atomic E-state index is 6.57. The summed E-state index contributed by atoms with van der Waals surface area (Å²) < 4.78 is 1.71. The molecule has 2 aromatic heterocycles. The van der Waals surface area contributed by atoms with Gasteiger partial charge in [-0.1, -0.05) is 54.1 Å². The number of halogens is 1. The first-order chi connectivity index (χ1) is 12.6. The lowest BCUT2D eigenvalue weighted by Gasteiger charge is -2.08. The summed E-state index contributed by atoms with van der Waals surface area (Å²) in [4.78, 5) is 1.55. The average molecular weight is 365 g/mol. The van der Waals surface area contributed by atoms with Crippen molar-refractivity contribution in [2.24, 2.45) is 0 Å². The van der Waals surface area contributed by atoms with Gasteiger partial charge in [-0.15, -0.1) is 10.2 Å². The van der Waals surface area contributed by atoms with Crippen LogP contribution in [0.3, 0.4) is 0 Å². The molecule has 0 aliphatic rings. The van der Waals surface area contributed by atoms with Gasteiger partial charge in [0.1, 0.15) is 5.15 Å². The number of aryl methyl sites for hydroxylation is 2. The molecule has 0 unspecified atom stereocenters. The van der Waals surface area contributed by atoms with Gasteiger partial charge in [-0.25, -0.2) is 4.68 Å². The third kappa shape index (κ3) is 3.11. The van der Waals surface area contributed by atoms with Crippen molar-refractivity contribution < 1.29 is 0 Å². The van der Waals surface area contributed by atoms with E-state index < -0.39 is 0 Å². The first kappa shape index (κ1) is 16.5. The van der Waals surface area contributed by atoms with E-state index in [0.717, 1.165) is 22.4 Å². The van der Waals surface area contributed by atoms with E-state index in [2.05, 4.69) is 38.7 Å². The van der Waals surface area contributed by atoms with Gasteiger partial charge in [0.2, 0.25) is 5.82 Å². The Morgan fingerprint density at radius 2 is 1.85 bits per heavy atom. The number of tetrazole rings is 1. The van der Waals surface area contributed by atoms with Gasteiger partial charge >= 0.3 is 0 Å². The van der Waals surface area contributed by atoms with Crippen LogP contribution in [0.1, 0.15) is 16.7 Å². The van der Waals surface area contributed by atoms with Crippen molar-refractivity contribution in [1.29, 1.82) is 0 Å². The van der Waals surface area contributed by atoms with E-state index in [9.17, 15) is 0 Å². The number of aromatic nitrogens is 6. The molecule has 0 saturated heterocycles. The molecule has 0 N–H and O–H groups in total. The second-order valence-corrected chi connectivity index (χ2v) is 6.54. The highest BCUT2D eigenvalue weighted by Gasteiger charge is 2.17. The minimum absolute atomic E-state index is 0.461. The molecule has 0 spiro atoms. The Morgan fingerprint density at radius 1 is 1.04 bits per heavy atom. The molecule has 7 heteroatoms. The quantitative estimate of drug-likeness (QED) is 0.552. The first-order valence-electron chi connectivity index (χ1n) is 8.25. The zero-order valence-electron chi connectivity index (χ0n) is 14.5. The van der Waals surface area contributed by atoms with E-state index in [1.54, 1.807) is 15.7 Å². The van der Waals surface area contributed by atoms with Crippen molar-refractivity contribution in [2.45, 2.75) is 20.4 Å². The normalized spacial score (nSPS) is 11.0. The molecule has 0 aliphatic carbocycles. The van der Waals surface area contributed by atoms with Crippen LogP contribution in [0.2, 0.25) is 5.15 Å². The molecular weight excluding hydrogens is 348 g/mol. The molecule has 0 atom stereocenters. The van der Waals surface area contributed by atoms with Crippen LogP contribution in [0.4, 0.5) is 0 Å². The molecule has 0 aliphatic heterocycles. The number of rotatable bonds is 4. The van der Waals surface area contributed by atoms with Crippen LogP contribution in [-0.4, -0.2) is 30.0 Å². The average Bonchev–Trinajstić information content (AvgIpc) is 3.24. The number of benzene rings is 2. The van der Waals surface area contributed by atoms with Gasteiger partial charge in [-0.3, -0.25) is 0 Å². The predicted molar refractivity (Wildman–Crippen MR) is 100 cm³/mol. The standard InChI is InChI=1S/C19H17ClN6/c1-13-8-9-14(2)17(10-13)26-18(20)16(11-21-26)19-22-24-25(23-19)12-15-6-4-3-5-7-15/h3-11H,12H2,1-2H3. The summed E-state index contributed by atoms with van der Waals surface area (Å²) in [5.74, 6) is 0.461. The van der Waals surface area contributed by atoms with Crippen molar-refractivity contribution in [3.63, 3.8) is 0 Å². The van der Waals surface area contributed by atoms with E-state index in [1.807, 2.05) is 44.2 Å². The molecule has 0 fully saturated rings. The number of nitrogens with zero attached hydrogens (tertiary/aromatic N) is 6. The highest BCUT2D eigenvalue weighted by molar-refractivity contribution is 6.32. The van der Waals surface area contributed by atoms with Crippen LogP contribution < -0.4 is 0 Å². The Kier molecular flexibility index (Phi) is 4.26. The SMILES string of the molecule is Cc1ccc(C)c(-n2ncc(-c3nnn(Cc4ccccc4)n3)c2Cl)c1. The zero-order valence-corrected chi connectivity index (χ0v) is 15.2. The predicted octanol–water partition coefficient (Wildman–Crippen LogP) is 3.84. The van der Waals surface area contributed by atoms with E-state index in [-0.39, 0.29) is 0 Å². The van der Waals surface area contributed by atoms with Crippen LogP contribution in [0, 0.1) is 13.8 Å². The third-order valence-electron chi connectivity index (χ3n) is 4.16. The van der Waals surface area contributed by atoms with Gasteiger partial charge in [0.25, 0.3) is 0 Å². The summed E-state index contributed by atoms with van der Waals surface area (Å²) >= 11 is 6.57. The van der Waals surface area contributed by atoms with Crippen molar-refractivity contribution >= 4 is 11.6 Å². The Hall–Kier alpha value is -2.99. The van der Waals surface area contributed by atoms with E-state index in [4.69, 9.17) is 11.6 Å². The zero-order chi connectivity index (χ0) is 18.1. The Morgan fingerprint density at radius 3 is 2.65 bits per heavy atom. The fourth-order valence-corrected chi connectivity index (χ4v) is 3.03. The Bertz CT molecular complexity index is 1050. The lowest BCUT2D eigenvalue weighted by molar-refractivity contribution is 0.573. The molecule has 0 saturated carbocycles. The van der Waals surface area contributed by atoms with Gasteiger partial charge in [0, 0.05) is 0 Å². The summed E-state index contributed by atoms with van der Waals surface area (Å²) in [6.45, 7) is 4.62. The summed E-state index contributed by atoms with van der Waals surface area (Å²) in [6.07, 6.45) is 1.67. The second-order valence-electron chi connectivity index (χ2n) is 6.18. The molecule has 6 nitrogen and oxygen atoms in total. The summed E-state index contributed by atoms with van der Waals surface area (Å²) in [5, 5.41) is 17.6. The van der Waals surface area contributed by atoms with Gasteiger partial charge in [-0.05, 0) is 41.8 Å². The minimum atomic E-state index is 0.461. The summed E-state index contributed by atoms with van der Waals surface area (Å²) in [6, 6.07) is 16.2. The summed E-state index contributed by atoms with van der Waals surface area (Å²) in [7, 11) is 0. The van der Waals surface area contributed by atoms with Gasteiger partial charge in [0.05, 0.1) is 24.0 Å². The highest BCUT2D eigenvalue weighted by Crippen LogP contribution is 2.28. The van der Waals surface area contributed by atoms with E-state index in [0.29, 0.717) is 23.1 Å². The van der Waals surface area contributed by atoms with E-state index in [1.165, 1.54) is 0 Å². The molecule has 26 heavy (non-hydrogen) atoms. The van der Waals surface area contributed by atoms with Crippen molar-refractivity contribution in [1.82, 2.24) is 30.0 Å². The van der Waals surface area contributed by atoms with Gasteiger partial charge in [-0.2, -0.15) is 9.90 Å². The van der Waals surface area contributed by atoms with Crippen LogP contribution in [-0.2, 0) is 6.54 Å². The van der Waals surface area contributed by atoms with Crippen molar-refractivity contribution in [3.8, 4) is 17.1 Å². The molecule has 2 heterocycles. The fourth-order valence-electron chi connectivity index (χ4n) is 2.76. The minimum Gasteiger partial charge on any atom is -0.221 e. The highest BCUT2D eigenvalue weighted by atomic mass is 35.5. The van der Waals surface area contributed by atoms with Crippen LogP contribution in [0.15, 0.2) is 54.7 Å². The molecular formula is C19H17ClN6. The van der Waals surface area contributed by atoms with Crippen LogP contribution in [0.5, 0.6) is 0 Å². The van der Waals surface area contributed by atoms with Gasteiger partial charge < -0.3 is 0 Å². The monoisotopic (exact) mass is 364 g/mol.